The Bertz CT molecular complexity index is 321. The third kappa shape index (κ3) is 3.51. The van der Waals surface area contributed by atoms with Gasteiger partial charge in [-0.3, -0.25) is 4.79 Å². The molecule has 0 saturated carbocycles. The van der Waals surface area contributed by atoms with Crippen molar-refractivity contribution in [3.05, 3.63) is 0 Å². The van der Waals surface area contributed by atoms with Gasteiger partial charge in [0, 0.05) is 12.6 Å². The molecule has 1 atom stereocenters. The molecule has 0 aromatic carbocycles. The molecule has 0 bridgehead atoms. The number of hydrogen-bond donors (Lipinski definition) is 2. The first-order valence-electron chi connectivity index (χ1n) is 7.92. The normalized spacial score (nSPS) is 29.4. The van der Waals surface area contributed by atoms with E-state index in [0.29, 0.717) is 6.54 Å². The third-order valence-electron chi connectivity index (χ3n) is 4.82. The Kier molecular flexibility index (Phi) is 5.41. The van der Waals surface area contributed by atoms with Gasteiger partial charge in [0.2, 0.25) is 5.91 Å². The predicted octanol–water partition coefficient (Wildman–Crippen LogP) is 0.434. The summed E-state index contributed by atoms with van der Waals surface area (Å²) in [5, 5.41) is 12.7. The van der Waals surface area contributed by atoms with Crippen LogP contribution in [0.4, 0.5) is 0 Å². The molecule has 0 radical (unpaired) electrons. The summed E-state index contributed by atoms with van der Waals surface area (Å²) in [6.45, 7) is 5.52. The summed E-state index contributed by atoms with van der Waals surface area (Å²) in [4.78, 5) is 17.2. The Balaban J connectivity index is 2.05. The van der Waals surface area contributed by atoms with E-state index in [0.717, 1.165) is 51.7 Å². The van der Waals surface area contributed by atoms with Crippen molar-refractivity contribution in [3.63, 3.8) is 0 Å². The van der Waals surface area contributed by atoms with Crippen molar-refractivity contribution in [2.45, 2.75) is 50.6 Å². The molecule has 0 spiro atoms. The van der Waals surface area contributed by atoms with Crippen LogP contribution < -0.4 is 5.32 Å². The summed E-state index contributed by atoms with van der Waals surface area (Å²) >= 11 is 0. The van der Waals surface area contributed by atoms with Gasteiger partial charge >= 0.3 is 0 Å². The fraction of sp³-hybridized carbons (Fsp3) is 0.933. The molecule has 1 amide bonds. The molecule has 5 nitrogen and oxygen atoms in total. The predicted molar refractivity (Wildman–Crippen MR) is 79.6 cm³/mol. The first-order valence-corrected chi connectivity index (χ1v) is 7.92. The highest BCUT2D eigenvalue weighted by Crippen LogP contribution is 2.25. The summed E-state index contributed by atoms with van der Waals surface area (Å²) in [5.41, 5.74) is -0.434. The number of hydrogen-bond acceptors (Lipinski definition) is 4. The van der Waals surface area contributed by atoms with E-state index in [1.54, 1.807) is 0 Å². The molecule has 0 aromatic rings. The number of nitrogens with one attached hydrogen (secondary N) is 1. The highest BCUT2D eigenvalue weighted by Gasteiger charge is 2.39. The molecular weight excluding hydrogens is 254 g/mol. The van der Waals surface area contributed by atoms with E-state index in [4.69, 9.17) is 0 Å². The van der Waals surface area contributed by atoms with Gasteiger partial charge in [-0.25, -0.2) is 0 Å². The Morgan fingerprint density at radius 3 is 2.65 bits per heavy atom. The van der Waals surface area contributed by atoms with Gasteiger partial charge in [0.15, 0.2) is 0 Å². The number of aliphatic hydroxyl groups is 1. The molecule has 0 aromatic heterocycles. The molecule has 2 heterocycles. The Hall–Kier alpha value is -0.650. The molecule has 2 aliphatic heterocycles. The van der Waals surface area contributed by atoms with Crippen molar-refractivity contribution >= 4 is 5.91 Å². The second-order valence-corrected chi connectivity index (χ2v) is 6.47. The van der Waals surface area contributed by atoms with E-state index in [9.17, 15) is 9.90 Å². The molecule has 0 aliphatic carbocycles. The van der Waals surface area contributed by atoms with E-state index >= 15 is 0 Å². The number of aliphatic hydroxyl groups excluding tert-OH is 1. The number of likely N-dealkylation sites (tertiary alicyclic amines) is 1. The number of rotatable bonds is 4. The average Bonchev–Trinajstić information content (AvgIpc) is 2.46. The Morgan fingerprint density at radius 1 is 1.40 bits per heavy atom. The first-order chi connectivity index (χ1) is 9.57. The van der Waals surface area contributed by atoms with Gasteiger partial charge in [-0.05, 0) is 65.7 Å². The van der Waals surface area contributed by atoms with Crippen LogP contribution in [0.3, 0.4) is 0 Å². The highest BCUT2D eigenvalue weighted by atomic mass is 16.3. The van der Waals surface area contributed by atoms with E-state index < -0.39 is 5.54 Å². The van der Waals surface area contributed by atoms with E-state index in [1.807, 2.05) is 11.8 Å². The molecule has 2 N–H and O–H groups in total. The Morgan fingerprint density at radius 2 is 2.10 bits per heavy atom. The van der Waals surface area contributed by atoms with E-state index in [1.165, 1.54) is 0 Å². The average molecular weight is 283 g/mol. The van der Waals surface area contributed by atoms with Gasteiger partial charge < -0.3 is 20.2 Å². The molecule has 2 saturated heterocycles. The summed E-state index contributed by atoms with van der Waals surface area (Å²) in [6.07, 6.45) is 5.18. The highest BCUT2D eigenvalue weighted by molar-refractivity contribution is 5.86. The zero-order valence-corrected chi connectivity index (χ0v) is 12.9. The van der Waals surface area contributed by atoms with Gasteiger partial charge in [-0.15, -0.1) is 0 Å². The first kappa shape index (κ1) is 15.7. The van der Waals surface area contributed by atoms with Crippen LogP contribution >= 0.6 is 0 Å². The molecule has 116 valence electrons. The van der Waals surface area contributed by atoms with Crippen LogP contribution in [0.5, 0.6) is 0 Å². The fourth-order valence-electron chi connectivity index (χ4n) is 3.42. The second kappa shape index (κ2) is 6.87. The zero-order chi connectivity index (χ0) is 14.6. The van der Waals surface area contributed by atoms with Crippen molar-refractivity contribution in [2.75, 3.05) is 39.8 Å². The van der Waals surface area contributed by atoms with Crippen molar-refractivity contribution in [1.82, 2.24) is 15.1 Å². The van der Waals surface area contributed by atoms with Crippen LogP contribution in [0.1, 0.15) is 39.0 Å². The summed E-state index contributed by atoms with van der Waals surface area (Å²) in [5.74, 6) is 0.181. The second-order valence-electron chi connectivity index (χ2n) is 6.47. The molecule has 2 aliphatic rings. The molecule has 2 fully saturated rings. The summed E-state index contributed by atoms with van der Waals surface area (Å²) in [6, 6.07) is 0.284. The minimum atomic E-state index is -0.434. The van der Waals surface area contributed by atoms with Crippen LogP contribution in [0.25, 0.3) is 0 Å². The molecule has 5 heteroatoms. The molecule has 1 unspecified atom stereocenters. The molecule has 2 rings (SSSR count). The minimum Gasteiger partial charge on any atom is -0.395 e. The topological polar surface area (TPSA) is 55.8 Å². The SMILES string of the molecule is CN1CCC(N(CCO)C(=O)C2(C)CCCCN2)CC1. The zero-order valence-electron chi connectivity index (χ0n) is 12.9. The monoisotopic (exact) mass is 283 g/mol. The lowest BCUT2D eigenvalue weighted by molar-refractivity contribution is -0.142. The maximum absolute atomic E-state index is 12.9. The number of piperidine rings is 2. The smallest absolute Gasteiger partial charge is 0.242 e. The fourth-order valence-corrected chi connectivity index (χ4v) is 3.42. The third-order valence-corrected chi connectivity index (χ3v) is 4.82. The standard InChI is InChI=1S/C15H29N3O2/c1-15(7-3-4-8-16-15)14(20)18(11-12-19)13-5-9-17(2)10-6-13/h13,16,19H,3-12H2,1-2H3. The quantitative estimate of drug-likeness (QED) is 0.786. The summed E-state index contributed by atoms with van der Waals surface area (Å²) in [7, 11) is 2.12. The van der Waals surface area contributed by atoms with Crippen molar-refractivity contribution < 1.29 is 9.90 Å². The van der Waals surface area contributed by atoms with E-state index in [2.05, 4.69) is 17.3 Å². The lowest BCUT2D eigenvalue weighted by Crippen LogP contribution is -2.61. The van der Waals surface area contributed by atoms with Crippen LogP contribution in [-0.2, 0) is 4.79 Å². The molecular formula is C15H29N3O2. The van der Waals surface area contributed by atoms with Gasteiger partial charge in [-0.1, -0.05) is 0 Å². The minimum absolute atomic E-state index is 0.0498. The largest absolute Gasteiger partial charge is 0.395 e. The van der Waals surface area contributed by atoms with Crippen LogP contribution in [0, 0.1) is 0 Å². The van der Waals surface area contributed by atoms with Gasteiger partial charge in [0.25, 0.3) is 0 Å². The van der Waals surface area contributed by atoms with Crippen LogP contribution in [0.2, 0.25) is 0 Å². The van der Waals surface area contributed by atoms with E-state index in [-0.39, 0.29) is 18.6 Å². The number of carbonyl (C=O) groups excluding carboxylic acids is 1. The van der Waals surface area contributed by atoms with Gasteiger partial charge in [-0.2, -0.15) is 0 Å². The van der Waals surface area contributed by atoms with Crippen molar-refractivity contribution in [1.29, 1.82) is 0 Å². The maximum Gasteiger partial charge on any atom is 0.242 e. The van der Waals surface area contributed by atoms with Crippen LogP contribution in [-0.4, -0.2) is 72.2 Å². The maximum atomic E-state index is 12.9. The van der Waals surface area contributed by atoms with Crippen molar-refractivity contribution in [3.8, 4) is 0 Å². The number of nitrogens with zero attached hydrogens (tertiary/aromatic N) is 2. The van der Waals surface area contributed by atoms with Gasteiger partial charge in [0.1, 0.15) is 0 Å². The van der Waals surface area contributed by atoms with Gasteiger partial charge in [0.05, 0.1) is 12.1 Å². The lowest BCUT2D eigenvalue weighted by Gasteiger charge is -2.43. The number of carbonyl (C=O) groups is 1. The summed E-state index contributed by atoms with van der Waals surface area (Å²) < 4.78 is 0. The lowest BCUT2D eigenvalue weighted by atomic mass is 9.88. The number of amides is 1. The Labute approximate surface area is 122 Å². The molecule has 20 heavy (non-hydrogen) atoms. The van der Waals surface area contributed by atoms with Crippen molar-refractivity contribution in [2.24, 2.45) is 0 Å². The van der Waals surface area contributed by atoms with Crippen LogP contribution in [0.15, 0.2) is 0 Å².